The zero-order valence-corrected chi connectivity index (χ0v) is 11.3. The molecule has 1 aromatic carbocycles. The highest BCUT2D eigenvalue weighted by Crippen LogP contribution is 2.32. The molecule has 7 nitrogen and oxygen atoms in total. The van der Waals surface area contributed by atoms with Gasteiger partial charge in [-0.25, -0.2) is 0 Å². The highest BCUT2D eigenvalue weighted by Gasteiger charge is 2.36. The Morgan fingerprint density at radius 2 is 1.81 bits per heavy atom. The molecule has 0 aliphatic heterocycles. The van der Waals surface area contributed by atoms with E-state index in [9.17, 15) is 14.4 Å². The van der Waals surface area contributed by atoms with Crippen LogP contribution in [0.25, 0.3) is 0 Å². The molecule has 1 aromatic rings. The molecule has 2 rings (SSSR count). The molecular formula is C14H17N3O4. The first-order valence-corrected chi connectivity index (χ1v) is 6.68. The second kappa shape index (κ2) is 6.85. The van der Waals surface area contributed by atoms with Crippen molar-refractivity contribution in [3.63, 3.8) is 0 Å². The largest absolute Gasteiger partial charge is 0.480 e. The summed E-state index contributed by atoms with van der Waals surface area (Å²) in [6.45, 7) is -0.164. The summed E-state index contributed by atoms with van der Waals surface area (Å²) >= 11 is 0. The average molecular weight is 291 g/mol. The second-order valence-corrected chi connectivity index (χ2v) is 4.90. The Bertz CT molecular complexity index is 528. The van der Waals surface area contributed by atoms with Crippen LogP contribution in [-0.2, 0) is 9.59 Å². The number of carboxylic acids is 1. The molecular weight excluding hydrogens is 274 g/mol. The topological polar surface area (TPSA) is 108 Å². The first-order valence-electron chi connectivity index (χ1n) is 6.68. The zero-order valence-electron chi connectivity index (χ0n) is 11.3. The molecule has 0 aromatic heterocycles. The van der Waals surface area contributed by atoms with Crippen molar-refractivity contribution < 1.29 is 19.5 Å². The minimum absolute atomic E-state index is 0.0919. The summed E-state index contributed by atoms with van der Waals surface area (Å²) in [6.07, 6.45) is 1.71. The molecule has 0 spiro atoms. The lowest BCUT2D eigenvalue weighted by Gasteiger charge is -2.13. The van der Waals surface area contributed by atoms with E-state index in [1.165, 1.54) is 0 Å². The molecule has 0 bridgehead atoms. The molecule has 0 radical (unpaired) electrons. The van der Waals surface area contributed by atoms with E-state index in [-0.39, 0.29) is 12.5 Å². The minimum Gasteiger partial charge on any atom is -0.480 e. The predicted octanol–water partition coefficient (Wildman–Crippen LogP) is -0.0996. The monoisotopic (exact) mass is 291 g/mol. The number of benzene rings is 1. The number of amides is 2. The van der Waals surface area contributed by atoms with Gasteiger partial charge >= 0.3 is 5.97 Å². The Morgan fingerprint density at radius 1 is 1.14 bits per heavy atom. The second-order valence-electron chi connectivity index (χ2n) is 4.90. The van der Waals surface area contributed by atoms with Crippen LogP contribution < -0.4 is 16.2 Å². The predicted molar refractivity (Wildman–Crippen MR) is 74.2 cm³/mol. The van der Waals surface area contributed by atoms with Crippen LogP contribution in [0.1, 0.15) is 23.2 Å². The molecule has 1 saturated carbocycles. The highest BCUT2D eigenvalue weighted by atomic mass is 16.4. The van der Waals surface area contributed by atoms with Crippen molar-refractivity contribution in [2.24, 2.45) is 5.92 Å². The Hall–Kier alpha value is -2.41. The quantitative estimate of drug-likeness (QED) is 0.547. The fraction of sp³-hybridized carbons (Fsp3) is 0.357. The van der Waals surface area contributed by atoms with Crippen LogP contribution >= 0.6 is 0 Å². The van der Waals surface area contributed by atoms with Gasteiger partial charge in [0.15, 0.2) is 0 Å². The number of carboxylic acid groups (broad SMARTS) is 1. The van der Waals surface area contributed by atoms with Gasteiger partial charge in [-0.15, -0.1) is 0 Å². The number of hydrazine groups is 1. The van der Waals surface area contributed by atoms with Gasteiger partial charge < -0.3 is 5.11 Å². The van der Waals surface area contributed by atoms with E-state index >= 15 is 0 Å². The van der Waals surface area contributed by atoms with Crippen molar-refractivity contribution in [2.75, 3.05) is 6.54 Å². The molecule has 7 heteroatoms. The maximum atomic E-state index is 11.7. The lowest BCUT2D eigenvalue weighted by atomic mass is 10.2. The van der Waals surface area contributed by atoms with E-state index < -0.39 is 23.8 Å². The van der Waals surface area contributed by atoms with Gasteiger partial charge in [0.05, 0.1) is 6.54 Å². The van der Waals surface area contributed by atoms with Crippen molar-refractivity contribution in [1.29, 1.82) is 0 Å². The first-order chi connectivity index (χ1) is 10.1. The number of nitrogens with one attached hydrogen (secondary N) is 3. The van der Waals surface area contributed by atoms with Crippen molar-refractivity contribution in [2.45, 2.75) is 18.9 Å². The molecule has 21 heavy (non-hydrogen) atoms. The van der Waals surface area contributed by atoms with Gasteiger partial charge in [0.25, 0.3) is 11.8 Å². The summed E-state index contributed by atoms with van der Waals surface area (Å²) in [5.41, 5.74) is 4.93. The third kappa shape index (κ3) is 4.57. The van der Waals surface area contributed by atoms with Gasteiger partial charge in [-0.1, -0.05) is 18.2 Å². The molecule has 1 unspecified atom stereocenters. The fourth-order valence-corrected chi connectivity index (χ4v) is 1.92. The summed E-state index contributed by atoms with van der Waals surface area (Å²) in [4.78, 5) is 34.2. The third-order valence-electron chi connectivity index (χ3n) is 3.19. The van der Waals surface area contributed by atoms with Crippen LogP contribution in [0, 0.1) is 5.92 Å². The third-order valence-corrected chi connectivity index (χ3v) is 3.19. The van der Waals surface area contributed by atoms with Gasteiger partial charge in [-0.3, -0.25) is 30.6 Å². The highest BCUT2D eigenvalue weighted by molar-refractivity contribution is 5.95. The SMILES string of the molecule is O=C(CNC(C(=O)O)C1CC1)NNC(=O)c1ccccc1. The van der Waals surface area contributed by atoms with Crippen LogP contribution in [0.5, 0.6) is 0 Å². The van der Waals surface area contributed by atoms with Crippen LogP contribution in [0.3, 0.4) is 0 Å². The Balaban J connectivity index is 1.72. The molecule has 0 heterocycles. The summed E-state index contributed by atoms with van der Waals surface area (Å²) in [6, 6.07) is 7.74. The molecule has 2 amide bonds. The lowest BCUT2D eigenvalue weighted by Crippen LogP contribution is -2.49. The number of carbonyl (C=O) groups is 3. The summed E-state index contributed by atoms with van der Waals surface area (Å²) in [5, 5.41) is 11.7. The van der Waals surface area contributed by atoms with E-state index in [1.807, 2.05) is 0 Å². The van der Waals surface area contributed by atoms with E-state index in [4.69, 9.17) is 5.11 Å². The van der Waals surface area contributed by atoms with Crippen molar-refractivity contribution in [1.82, 2.24) is 16.2 Å². The molecule has 1 fully saturated rings. The molecule has 1 atom stereocenters. The molecule has 112 valence electrons. The summed E-state index contributed by atoms with van der Waals surface area (Å²) < 4.78 is 0. The Labute approximate surface area is 121 Å². The summed E-state index contributed by atoms with van der Waals surface area (Å²) in [7, 11) is 0. The smallest absolute Gasteiger partial charge is 0.320 e. The number of hydrogen-bond donors (Lipinski definition) is 4. The maximum absolute atomic E-state index is 11.7. The number of aliphatic carboxylic acids is 1. The zero-order chi connectivity index (χ0) is 15.2. The molecule has 1 aliphatic rings. The maximum Gasteiger partial charge on any atom is 0.320 e. The van der Waals surface area contributed by atoms with E-state index in [1.54, 1.807) is 30.3 Å². The van der Waals surface area contributed by atoms with Crippen LogP contribution in [0.2, 0.25) is 0 Å². The Kier molecular flexibility index (Phi) is 4.89. The number of rotatable bonds is 6. The minimum atomic E-state index is -0.960. The molecule has 0 saturated heterocycles. The van der Waals surface area contributed by atoms with Gasteiger partial charge in [0.2, 0.25) is 0 Å². The van der Waals surface area contributed by atoms with Crippen LogP contribution in [0.4, 0.5) is 0 Å². The number of carbonyl (C=O) groups excluding carboxylic acids is 2. The van der Waals surface area contributed by atoms with Crippen molar-refractivity contribution >= 4 is 17.8 Å². The van der Waals surface area contributed by atoms with Crippen LogP contribution in [-0.4, -0.2) is 35.5 Å². The van der Waals surface area contributed by atoms with Gasteiger partial charge in [-0.2, -0.15) is 0 Å². The van der Waals surface area contributed by atoms with Crippen molar-refractivity contribution in [3.8, 4) is 0 Å². The molecule has 1 aliphatic carbocycles. The van der Waals surface area contributed by atoms with Crippen LogP contribution in [0.15, 0.2) is 30.3 Å². The van der Waals surface area contributed by atoms with E-state index in [2.05, 4.69) is 16.2 Å². The molecule has 4 N–H and O–H groups in total. The van der Waals surface area contributed by atoms with Gasteiger partial charge in [-0.05, 0) is 30.9 Å². The standard InChI is InChI=1S/C14H17N3O4/c18-11(8-15-12(14(20)21)9-6-7-9)16-17-13(19)10-4-2-1-3-5-10/h1-5,9,12,15H,6-8H2,(H,16,18)(H,17,19)(H,20,21). The van der Waals surface area contributed by atoms with E-state index in [0.29, 0.717) is 5.56 Å². The Morgan fingerprint density at radius 3 is 2.38 bits per heavy atom. The van der Waals surface area contributed by atoms with Gasteiger partial charge in [0.1, 0.15) is 6.04 Å². The lowest BCUT2D eigenvalue weighted by molar-refractivity contribution is -0.140. The fourth-order valence-electron chi connectivity index (χ4n) is 1.92. The van der Waals surface area contributed by atoms with Crippen molar-refractivity contribution in [3.05, 3.63) is 35.9 Å². The average Bonchev–Trinajstić information content (AvgIpc) is 3.30. The normalized spacial score (nSPS) is 15.0. The van der Waals surface area contributed by atoms with E-state index in [0.717, 1.165) is 12.8 Å². The first kappa shape index (κ1) is 15.0. The number of hydrogen-bond acceptors (Lipinski definition) is 4. The van der Waals surface area contributed by atoms with Gasteiger partial charge in [0, 0.05) is 5.56 Å². The summed E-state index contributed by atoms with van der Waals surface area (Å²) in [5.74, 6) is -1.79.